The number of rotatable bonds is 4. The van der Waals surface area contributed by atoms with Gasteiger partial charge in [0.05, 0.1) is 19.4 Å². The van der Waals surface area contributed by atoms with Crippen molar-refractivity contribution >= 4 is 6.08 Å². The number of ether oxygens (including phenoxy) is 1. The lowest BCUT2D eigenvalue weighted by Gasteiger charge is -2.06. The van der Waals surface area contributed by atoms with Crippen LogP contribution in [0.1, 0.15) is 5.56 Å². The second kappa shape index (κ2) is 5.19. The zero-order valence-electron chi connectivity index (χ0n) is 10.1. The van der Waals surface area contributed by atoms with Crippen LogP contribution in [0.2, 0.25) is 0 Å². The summed E-state index contributed by atoms with van der Waals surface area (Å²) in [5.41, 5.74) is 2.92. The molecule has 0 aliphatic heterocycles. The van der Waals surface area contributed by atoms with Crippen LogP contribution < -0.4 is 4.74 Å². The largest absolute Gasteiger partial charge is 0.496 e. The fraction of sp³-hybridized carbons (Fsp3) is 0.143. The van der Waals surface area contributed by atoms with E-state index in [1.807, 2.05) is 24.4 Å². The highest BCUT2D eigenvalue weighted by Gasteiger charge is 2.05. The Labute approximate surface area is 106 Å². The highest BCUT2D eigenvalue weighted by Crippen LogP contribution is 2.27. The van der Waals surface area contributed by atoms with Crippen LogP contribution in [0.25, 0.3) is 17.2 Å². The molecule has 0 unspecified atom stereocenters. The summed E-state index contributed by atoms with van der Waals surface area (Å²) in [6, 6.07) is 7.89. The summed E-state index contributed by atoms with van der Waals surface area (Å²) in [5, 5.41) is 12.7. The molecule has 0 aliphatic carbocycles. The zero-order valence-corrected chi connectivity index (χ0v) is 10.1. The van der Waals surface area contributed by atoms with E-state index in [0.29, 0.717) is 0 Å². The van der Waals surface area contributed by atoms with Gasteiger partial charge in [-0.15, -0.1) is 0 Å². The van der Waals surface area contributed by atoms with Gasteiger partial charge in [0, 0.05) is 17.3 Å². The normalized spacial score (nSPS) is 9.78. The Morgan fingerprint density at radius 3 is 3.00 bits per heavy atom. The Balaban J connectivity index is 2.38. The summed E-state index contributed by atoms with van der Waals surface area (Å²) in [5.74, 6) is 0.790. The molecule has 1 heterocycles. The molecule has 90 valence electrons. The topological polar surface area (TPSA) is 50.8 Å². The molecule has 0 bridgehead atoms. The SMILES string of the molecule is C=Cc1cc(-c2cnn(CC#N)c2)ccc1OC. The van der Waals surface area contributed by atoms with Gasteiger partial charge in [0.2, 0.25) is 0 Å². The van der Waals surface area contributed by atoms with Gasteiger partial charge in [0.1, 0.15) is 12.3 Å². The smallest absolute Gasteiger partial charge is 0.128 e. The minimum absolute atomic E-state index is 0.254. The zero-order chi connectivity index (χ0) is 13.0. The van der Waals surface area contributed by atoms with Crippen molar-refractivity contribution in [3.8, 4) is 22.9 Å². The third-order valence-corrected chi connectivity index (χ3v) is 2.65. The summed E-state index contributed by atoms with van der Waals surface area (Å²) in [6.45, 7) is 4.02. The summed E-state index contributed by atoms with van der Waals surface area (Å²) < 4.78 is 6.84. The highest BCUT2D eigenvalue weighted by atomic mass is 16.5. The first-order valence-electron chi connectivity index (χ1n) is 5.48. The predicted molar refractivity (Wildman–Crippen MR) is 69.9 cm³/mol. The number of nitrogens with zero attached hydrogens (tertiary/aromatic N) is 3. The molecule has 1 aromatic carbocycles. The van der Waals surface area contributed by atoms with Gasteiger partial charge in [-0.3, -0.25) is 4.68 Å². The average molecular weight is 239 g/mol. The Hall–Kier alpha value is -2.54. The van der Waals surface area contributed by atoms with E-state index in [1.165, 1.54) is 0 Å². The Kier molecular flexibility index (Phi) is 3.44. The van der Waals surface area contributed by atoms with Crippen LogP contribution in [0, 0.1) is 11.3 Å². The predicted octanol–water partition coefficient (Wildman–Crippen LogP) is 2.73. The minimum Gasteiger partial charge on any atom is -0.496 e. The lowest BCUT2D eigenvalue weighted by Crippen LogP contribution is -1.94. The van der Waals surface area contributed by atoms with Gasteiger partial charge in [0.25, 0.3) is 0 Å². The molecule has 0 aliphatic rings. The molecule has 0 amide bonds. The van der Waals surface area contributed by atoms with E-state index in [-0.39, 0.29) is 6.54 Å². The Morgan fingerprint density at radius 1 is 1.50 bits per heavy atom. The third-order valence-electron chi connectivity index (χ3n) is 2.65. The molecule has 0 spiro atoms. The van der Waals surface area contributed by atoms with Crippen LogP contribution in [-0.2, 0) is 6.54 Å². The molecular formula is C14H13N3O. The van der Waals surface area contributed by atoms with Crippen LogP contribution in [0.4, 0.5) is 0 Å². The van der Waals surface area contributed by atoms with Crippen LogP contribution in [0.15, 0.2) is 37.2 Å². The maximum Gasteiger partial charge on any atom is 0.128 e. The number of aromatic nitrogens is 2. The van der Waals surface area contributed by atoms with Gasteiger partial charge < -0.3 is 4.74 Å². The first kappa shape index (κ1) is 11.9. The Bertz CT molecular complexity index is 608. The van der Waals surface area contributed by atoms with E-state index in [2.05, 4.69) is 17.7 Å². The molecule has 0 atom stereocenters. The van der Waals surface area contributed by atoms with Crippen molar-refractivity contribution < 1.29 is 4.74 Å². The third kappa shape index (κ3) is 2.25. The number of methoxy groups -OCH3 is 1. The van der Waals surface area contributed by atoms with Gasteiger partial charge in [0.15, 0.2) is 0 Å². The highest BCUT2D eigenvalue weighted by molar-refractivity contribution is 5.69. The first-order valence-corrected chi connectivity index (χ1v) is 5.48. The molecule has 18 heavy (non-hydrogen) atoms. The molecule has 0 saturated carbocycles. The van der Waals surface area contributed by atoms with Gasteiger partial charge >= 0.3 is 0 Å². The standard InChI is InChI=1S/C14H13N3O/c1-3-11-8-12(4-5-14(11)18-2)13-9-16-17(10-13)7-6-15/h3-5,8-10H,1,7H2,2H3. The van der Waals surface area contributed by atoms with E-state index in [4.69, 9.17) is 10.00 Å². The summed E-state index contributed by atoms with van der Waals surface area (Å²) in [4.78, 5) is 0. The van der Waals surface area contributed by atoms with Crippen molar-refractivity contribution in [3.05, 3.63) is 42.7 Å². The van der Waals surface area contributed by atoms with Crippen molar-refractivity contribution in [1.82, 2.24) is 9.78 Å². The van der Waals surface area contributed by atoms with Crippen molar-refractivity contribution in [2.45, 2.75) is 6.54 Å². The fourth-order valence-corrected chi connectivity index (χ4v) is 1.74. The van der Waals surface area contributed by atoms with Crippen LogP contribution in [0.3, 0.4) is 0 Å². The monoisotopic (exact) mass is 239 g/mol. The molecule has 0 fully saturated rings. The average Bonchev–Trinajstić information content (AvgIpc) is 2.87. The first-order chi connectivity index (χ1) is 8.78. The summed E-state index contributed by atoms with van der Waals surface area (Å²) in [7, 11) is 1.63. The Morgan fingerprint density at radius 2 is 2.33 bits per heavy atom. The molecule has 2 rings (SSSR count). The maximum absolute atomic E-state index is 8.61. The number of hydrogen-bond donors (Lipinski definition) is 0. The second-order valence-electron chi connectivity index (χ2n) is 3.75. The van der Waals surface area contributed by atoms with E-state index < -0.39 is 0 Å². The molecule has 2 aromatic rings. The molecule has 4 heteroatoms. The summed E-state index contributed by atoms with van der Waals surface area (Å²) >= 11 is 0. The molecule has 1 aromatic heterocycles. The van der Waals surface area contributed by atoms with E-state index in [9.17, 15) is 0 Å². The maximum atomic E-state index is 8.61. The summed E-state index contributed by atoms with van der Waals surface area (Å²) in [6.07, 6.45) is 5.34. The van der Waals surface area contributed by atoms with Crippen molar-refractivity contribution in [2.75, 3.05) is 7.11 Å². The molecular weight excluding hydrogens is 226 g/mol. The number of hydrogen-bond acceptors (Lipinski definition) is 3. The molecule has 0 saturated heterocycles. The minimum atomic E-state index is 0.254. The van der Waals surface area contributed by atoms with Gasteiger partial charge in [-0.1, -0.05) is 18.7 Å². The van der Waals surface area contributed by atoms with Gasteiger partial charge in [-0.2, -0.15) is 10.4 Å². The molecule has 0 N–H and O–H groups in total. The quantitative estimate of drug-likeness (QED) is 0.824. The number of nitriles is 1. The van der Waals surface area contributed by atoms with E-state index >= 15 is 0 Å². The van der Waals surface area contributed by atoms with Crippen LogP contribution >= 0.6 is 0 Å². The van der Waals surface area contributed by atoms with E-state index in [0.717, 1.165) is 22.4 Å². The van der Waals surface area contributed by atoms with Gasteiger partial charge in [-0.05, 0) is 17.7 Å². The van der Waals surface area contributed by atoms with Crippen molar-refractivity contribution in [2.24, 2.45) is 0 Å². The van der Waals surface area contributed by atoms with Crippen molar-refractivity contribution in [1.29, 1.82) is 5.26 Å². The molecule has 0 radical (unpaired) electrons. The fourth-order valence-electron chi connectivity index (χ4n) is 1.74. The van der Waals surface area contributed by atoms with Crippen LogP contribution in [0.5, 0.6) is 5.75 Å². The second-order valence-corrected chi connectivity index (χ2v) is 3.75. The van der Waals surface area contributed by atoms with Crippen LogP contribution in [-0.4, -0.2) is 16.9 Å². The van der Waals surface area contributed by atoms with Gasteiger partial charge in [-0.25, -0.2) is 0 Å². The molecule has 4 nitrogen and oxygen atoms in total. The lowest BCUT2D eigenvalue weighted by atomic mass is 10.1. The van der Waals surface area contributed by atoms with E-state index in [1.54, 1.807) is 24.1 Å². The lowest BCUT2D eigenvalue weighted by molar-refractivity contribution is 0.414. The number of benzene rings is 1. The van der Waals surface area contributed by atoms with Crippen molar-refractivity contribution in [3.63, 3.8) is 0 Å².